The molecule has 4 heteroatoms. The van der Waals surface area contributed by atoms with Crippen LogP contribution in [0, 0.1) is 0 Å². The maximum atomic E-state index is 6.17. The van der Waals surface area contributed by atoms with Crippen LogP contribution < -0.4 is 10.1 Å². The number of fused-ring (bicyclic) bond motifs is 1. The van der Waals surface area contributed by atoms with Crippen molar-refractivity contribution in [2.75, 3.05) is 20.2 Å². The highest BCUT2D eigenvalue weighted by atomic mass is 35.5. The van der Waals surface area contributed by atoms with Crippen LogP contribution in [-0.2, 0) is 4.74 Å². The second-order valence-electron chi connectivity index (χ2n) is 4.82. The lowest BCUT2D eigenvalue weighted by Crippen LogP contribution is -2.43. The predicted octanol–water partition coefficient (Wildman–Crippen LogP) is 2.54. The minimum Gasteiger partial charge on any atom is -0.485 e. The summed E-state index contributed by atoms with van der Waals surface area (Å²) >= 11 is 6.03. The maximum Gasteiger partial charge on any atom is 0.126 e. The third-order valence-electron chi connectivity index (χ3n) is 3.69. The molecule has 1 fully saturated rings. The molecule has 3 rings (SSSR count). The van der Waals surface area contributed by atoms with Crippen molar-refractivity contribution in [3.8, 4) is 5.75 Å². The molecular formula is C13H16ClNO2. The van der Waals surface area contributed by atoms with Gasteiger partial charge < -0.3 is 14.8 Å². The molecule has 0 bridgehead atoms. The highest BCUT2D eigenvalue weighted by molar-refractivity contribution is 6.30. The standard InChI is InChI=1S/C13H16ClNO2/c1-16-12-7-13(4-5-15-8-13)17-11-3-2-9(14)6-10(11)12/h2-3,6,12,15H,4-5,7-8H2,1H3. The Hall–Kier alpha value is -0.770. The molecule has 92 valence electrons. The average molecular weight is 254 g/mol. The molecule has 1 aromatic carbocycles. The maximum absolute atomic E-state index is 6.17. The summed E-state index contributed by atoms with van der Waals surface area (Å²) < 4.78 is 11.8. The van der Waals surface area contributed by atoms with Crippen LogP contribution in [0.15, 0.2) is 18.2 Å². The lowest BCUT2D eigenvalue weighted by atomic mass is 9.88. The van der Waals surface area contributed by atoms with E-state index in [1.807, 2.05) is 18.2 Å². The molecule has 1 saturated heterocycles. The first-order valence-electron chi connectivity index (χ1n) is 5.94. The van der Waals surface area contributed by atoms with Crippen molar-refractivity contribution < 1.29 is 9.47 Å². The Morgan fingerprint density at radius 3 is 3.12 bits per heavy atom. The van der Waals surface area contributed by atoms with Crippen LogP contribution in [0.2, 0.25) is 5.02 Å². The van der Waals surface area contributed by atoms with Gasteiger partial charge in [-0.2, -0.15) is 0 Å². The second-order valence-corrected chi connectivity index (χ2v) is 5.26. The Morgan fingerprint density at radius 2 is 2.41 bits per heavy atom. The monoisotopic (exact) mass is 253 g/mol. The highest BCUT2D eigenvalue weighted by Gasteiger charge is 2.43. The first-order valence-corrected chi connectivity index (χ1v) is 6.32. The van der Waals surface area contributed by atoms with Crippen molar-refractivity contribution in [1.29, 1.82) is 0 Å². The zero-order chi connectivity index (χ0) is 11.9. The smallest absolute Gasteiger partial charge is 0.126 e. The first-order chi connectivity index (χ1) is 8.22. The number of nitrogens with one attached hydrogen (secondary N) is 1. The zero-order valence-electron chi connectivity index (χ0n) is 9.83. The van der Waals surface area contributed by atoms with Crippen LogP contribution in [-0.4, -0.2) is 25.8 Å². The highest BCUT2D eigenvalue weighted by Crippen LogP contribution is 2.44. The van der Waals surface area contributed by atoms with E-state index in [1.165, 1.54) is 0 Å². The van der Waals surface area contributed by atoms with E-state index in [-0.39, 0.29) is 11.7 Å². The minimum atomic E-state index is -0.0957. The van der Waals surface area contributed by atoms with Crippen molar-refractivity contribution in [3.05, 3.63) is 28.8 Å². The molecule has 2 heterocycles. The predicted molar refractivity (Wildman–Crippen MR) is 66.7 cm³/mol. The fourth-order valence-corrected chi connectivity index (χ4v) is 2.96. The molecule has 0 aliphatic carbocycles. The summed E-state index contributed by atoms with van der Waals surface area (Å²) in [5.74, 6) is 0.913. The molecule has 0 saturated carbocycles. The molecule has 0 radical (unpaired) electrons. The van der Waals surface area contributed by atoms with Gasteiger partial charge in [-0.15, -0.1) is 0 Å². The summed E-state index contributed by atoms with van der Waals surface area (Å²) in [6, 6.07) is 5.76. The molecule has 1 N–H and O–H groups in total. The molecule has 2 aliphatic rings. The van der Waals surface area contributed by atoms with E-state index in [0.717, 1.165) is 42.3 Å². The van der Waals surface area contributed by atoms with Crippen molar-refractivity contribution in [3.63, 3.8) is 0 Å². The van der Waals surface area contributed by atoms with Crippen LogP contribution in [0.3, 0.4) is 0 Å². The van der Waals surface area contributed by atoms with E-state index in [0.29, 0.717) is 0 Å². The van der Waals surface area contributed by atoms with Crippen LogP contribution in [0.1, 0.15) is 24.5 Å². The van der Waals surface area contributed by atoms with Gasteiger partial charge in [0.25, 0.3) is 0 Å². The third kappa shape index (κ3) is 1.92. The van der Waals surface area contributed by atoms with Gasteiger partial charge >= 0.3 is 0 Å². The Morgan fingerprint density at radius 1 is 1.53 bits per heavy atom. The summed E-state index contributed by atoms with van der Waals surface area (Å²) in [6.45, 7) is 1.91. The lowest BCUT2D eigenvalue weighted by molar-refractivity contribution is -0.0202. The third-order valence-corrected chi connectivity index (χ3v) is 3.93. The summed E-state index contributed by atoms with van der Waals surface area (Å²) in [4.78, 5) is 0. The van der Waals surface area contributed by atoms with Gasteiger partial charge in [0.1, 0.15) is 11.4 Å². The van der Waals surface area contributed by atoms with Gasteiger partial charge in [0, 0.05) is 37.1 Å². The Bertz CT molecular complexity index is 429. The van der Waals surface area contributed by atoms with Crippen LogP contribution in [0.5, 0.6) is 5.75 Å². The molecule has 1 spiro atoms. The number of hydrogen-bond donors (Lipinski definition) is 1. The largest absolute Gasteiger partial charge is 0.485 e. The normalized spacial score (nSPS) is 31.3. The van der Waals surface area contributed by atoms with Gasteiger partial charge in [0.2, 0.25) is 0 Å². The fraction of sp³-hybridized carbons (Fsp3) is 0.538. The van der Waals surface area contributed by atoms with Crippen molar-refractivity contribution in [2.24, 2.45) is 0 Å². The quantitative estimate of drug-likeness (QED) is 0.834. The molecule has 3 nitrogen and oxygen atoms in total. The van der Waals surface area contributed by atoms with E-state index in [9.17, 15) is 0 Å². The SMILES string of the molecule is COC1CC2(CCNC2)Oc2ccc(Cl)cc21. The average Bonchev–Trinajstić information content (AvgIpc) is 2.77. The van der Waals surface area contributed by atoms with E-state index >= 15 is 0 Å². The van der Waals surface area contributed by atoms with Crippen LogP contribution >= 0.6 is 11.6 Å². The van der Waals surface area contributed by atoms with Crippen molar-refractivity contribution in [2.45, 2.75) is 24.5 Å². The number of benzene rings is 1. The summed E-state index contributed by atoms with van der Waals surface area (Å²) in [5.41, 5.74) is 0.971. The number of rotatable bonds is 1. The number of halogens is 1. The van der Waals surface area contributed by atoms with E-state index in [2.05, 4.69) is 5.32 Å². The summed E-state index contributed by atoms with van der Waals surface area (Å²) in [7, 11) is 1.75. The van der Waals surface area contributed by atoms with Gasteiger partial charge in [-0.05, 0) is 24.7 Å². The second kappa shape index (κ2) is 4.16. The summed E-state index contributed by atoms with van der Waals surface area (Å²) in [5, 5.41) is 4.09. The number of hydrogen-bond acceptors (Lipinski definition) is 3. The van der Waals surface area contributed by atoms with Gasteiger partial charge in [-0.1, -0.05) is 11.6 Å². The number of methoxy groups -OCH3 is 1. The van der Waals surface area contributed by atoms with E-state index < -0.39 is 0 Å². The lowest BCUT2D eigenvalue weighted by Gasteiger charge is -2.38. The first kappa shape index (κ1) is 11.3. The van der Waals surface area contributed by atoms with Gasteiger partial charge in [0.15, 0.2) is 0 Å². The Balaban J connectivity index is 2.00. The topological polar surface area (TPSA) is 30.5 Å². The van der Waals surface area contributed by atoms with Crippen LogP contribution in [0.4, 0.5) is 0 Å². The minimum absolute atomic E-state index is 0.0809. The van der Waals surface area contributed by atoms with Gasteiger partial charge in [-0.25, -0.2) is 0 Å². The molecule has 17 heavy (non-hydrogen) atoms. The Kier molecular flexibility index (Phi) is 2.77. The van der Waals surface area contributed by atoms with Crippen molar-refractivity contribution >= 4 is 11.6 Å². The Labute approximate surface area is 106 Å². The van der Waals surface area contributed by atoms with Gasteiger partial charge in [-0.3, -0.25) is 0 Å². The van der Waals surface area contributed by atoms with E-state index in [1.54, 1.807) is 7.11 Å². The molecule has 1 aromatic rings. The molecule has 0 aromatic heterocycles. The summed E-state index contributed by atoms with van der Waals surface area (Å²) in [6.07, 6.45) is 2.01. The molecule has 2 unspecified atom stereocenters. The van der Waals surface area contributed by atoms with Crippen molar-refractivity contribution in [1.82, 2.24) is 5.32 Å². The van der Waals surface area contributed by atoms with Gasteiger partial charge in [0.05, 0.1) is 6.10 Å². The molecular weight excluding hydrogens is 238 g/mol. The van der Waals surface area contributed by atoms with Crippen LogP contribution in [0.25, 0.3) is 0 Å². The molecule has 2 aliphatic heterocycles. The molecule has 0 amide bonds. The van der Waals surface area contributed by atoms with E-state index in [4.69, 9.17) is 21.1 Å². The number of ether oxygens (including phenoxy) is 2. The molecule has 2 atom stereocenters. The fourth-order valence-electron chi connectivity index (χ4n) is 2.78. The zero-order valence-corrected chi connectivity index (χ0v) is 10.6.